The van der Waals surface area contributed by atoms with Crippen LogP contribution in [0, 0.1) is 17.7 Å². The number of benzene rings is 1. The van der Waals surface area contributed by atoms with Gasteiger partial charge in [0, 0.05) is 11.8 Å². The van der Waals surface area contributed by atoms with Gasteiger partial charge in [0.25, 0.3) is 5.91 Å². The summed E-state index contributed by atoms with van der Waals surface area (Å²) in [7, 11) is 0. The van der Waals surface area contributed by atoms with Crippen molar-refractivity contribution >= 4 is 5.91 Å². The third-order valence-corrected chi connectivity index (χ3v) is 5.08. The Morgan fingerprint density at radius 3 is 2.64 bits per heavy atom. The highest BCUT2D eigenvalue weighted by atomic mass is 19.1. The zero-order valence-corrected chi connectivity index (χ0v) is 14.2. The van der Waals surface area contributed by atoms with Crippen molar-refractivity contribution in [2.75, 3.05) is 6.54 Å². The second-order valence-corrected chi connectivity index (χ2v) is 6.73. The molecule has 1 aromatic heterocycles. The fourth-order valence-electron chi connectivity index (χ4n) is 3.60. The summed E-state index contributed by atoms with van der Waals surface area (Å²) < 4.78 is 13.4. The van der Waals surface area contributed by atoms with E-state index < -0.39 is 5.82 Å². The van der Waals surface area contributed by atoms with Gasteiger partial charge in [0.15, 0.2) is 0 Å². The average molecular weight is 341 g/mol. The zero-order valence-electron chi connectivity index (χ0n) is 14.2. The van der Waals surface area contributed by atoms with Crippen LogP contribution < -0.4 is 11.1 Å². The molecule has 4 nitrogen and oxygen atoms in total. The highest BCUT2D eigenvalue weighted by Crippen LogP contribution is 2.36. The molecular formula is C20H24FN3O. The van der Waals surface area contributed by atoms with Gasteiger partial charge in [0.1, 0.15) is 5.82 Å². The van der Waals surface area contributed by atoms with Crippen molar-refractivity contribution in [3.63, 3.8) is 0 Å². The number of pyridine rings is 1. The Kier molecular flexibility index (Phi) is 5.76. The van der Waals surface area contributed by atoms with Crippen molar-refractivity contribution in [1.29, 1.82) is 0 Å². The van der Waals surface area contributed by atoms with Crippen molar-refractivity contribution < 1.29 is 9.18 Å². The third kappa shape index (κ3) is 4.42. The van der Waals surface area contributed by atoms with Gasteiger partial charge in [-0.1, -0.05) is 12.1 Å². The molecule has 2 aromatic rings. The maximum atomic E-state index is 13.4. The van der Waals surface area contributed by atoms with Crippen molar-refractivity contribution in [2.24, 2.45) is 17.6 Å². The van der Waals surface area contributed by atoms with E-state index >= 15 is 0 Å². The smallest absolute Gasteiger partial charge is 0.251 e. The lowest BCUT2D eigenvalue weighted by atomic mass is 9.77. The van der Waals surface area contributed by atoms with Crippen LogP contribution >= 0.6 is 0 Å². The van der Waals surface area contributed by atoms with Crippen LogP contribution in [0.4, 0.5) is 4.39 Å². The first-order valence-corrected chi connectivity index (χ1v) is 8.85. The molecule has 0 radical (unpaired) electrons. The molecule has 3 rings (SSSR count). The molecule has 5 heteroatoms. The Morgan fingerprint density at radius 2 is 2.00 bits per heavy atom. The molecule has 0 saturated heterocycles. The predicted octanol–water partition coefficient (Wildman–Crippen LogP) is 3.46. The maximum Gasteiger partial charge on any atom is 0.251 e. The van der Waals surface area contributed by atoms with Gasteiger partial charge in [-0.05, 0) is 74.4 Å². The zero-order chi connectivity index (χ0) is 17.6. The summed E-state index contributed by atoms with van der Waals surface area (Å²) >= 11 is 0. The summed E-state index contributed by atoms with van der Waals surface area (Å²) in [6.07, 6.45) is 5.89. The molecule has 1 fully saturated rings. The third-order valence-electron chi connectivity index (χ3n) is 5.08. The van der Waals surface area contributed by atoms with Crippen LogP contribution in [-0.2, 0) is 0 Å². The van der Waals surface area contributed by atoms with Gasteiger partial charge in [0.2, 0.25) is 0 Å². The van der Waals surface area contributed by atoms with Crippen LogP contribution in [0.2, 0.25) is 0 Å². The minimum atomic E-state index is -0.412. The summed E-state index contributed by atoms with van der Waals surface area (Å²) in [5.41, 5.74) is 6.97. The monoisotopic (exact) mass is 341 g/mol. The fraction of sp³-hybridized carbons (Fsp3) is 0.400. The molecule has 0 aliphatic heterocycles. The number of carbonyl (C=O) groups excluding carboxylic acids is 1. The van der Waals surface area contributed by atoms with Crippen LogP contribution in [0.25, 0.3) is 0 Å². The Bertz CT molecular complexity index is 699. The average Bonchev–Trinajstić information content (AvgIpc) is 2.67. The van der Waals surface area contributed by atoms with Gasteiger partial charge < -0.3 is 11.1 Å². The normalized spacial score (nSPS) is 21.5. The van der Waals surface area contributed by atoms with Gasteiger partial charge >= 0.3 is 0 Å². The highest BCUT2D eigenvalue weighted by Gasteiger charge is 2.30. The van der Waals surface area contributed by atoms with E-state index in [1.54, 1.807) is 18.3 Å². The lowest BCUT2D eigenvalue weighted by Crippen LogP contribution is -2.36. The van der Waals surface area contributed by atoms with E-state index in [0.717, 1.165) is 37.9 Å². The number of nitrogens with zero attached hydrogens (tertiary/aromatic N) is 1. The number of aromatic nitrogens is 1. The first kappa shape index (κ1) is 17.5. The number of hydrogen-bond acceptors (Lipinski definition) is 3. The molecule has 1 aliphatic rings. The summed E-state index contributed by atoms with van der Waals surface area (Å²) in [4.78, 5) is 17.1. The van der Waals surface area contributed by atoms with E-state index in [2.05, 4.69) is 10.3 Å². The number of rotatable bonds is 5. The molecule has 1 amide bonds. The number of halogens is 1. The van der Waals surface area contributed by atoms with Crippen molar-refractivity contribution in [1.82, 2.24) is 10.3 Å². The largest absolute Gasteiger partial charge is 0.343 e. The van der Waals surface area contributed by atoms with E-state index in [-0.39, 0.29) is 11.9 Å². The predicted molar refractivity (Wildman–Crippen MR) is 95.3 cm³/mol. The Morgan fingerprint density at radius 1 is 1.20 bits per heavy atom. The molecule has 1 aliphatic carbocycles. The van der Waals surface area contributed by atoms with E-state index in [0.29, 0.717) is 17.4 Å². The number of hydrogen-bond donors (Lipinski definition) is 2. The van der Waals surface area contributed by atoms with E-state index in [1.165, 1.54) is 12.1 Å². The van der Waals surface area contributed by atoms with Crippen LogP contribution in [-0.4, -0.2) is 17.4 Å². The fourth-order valence-corrected chi connectivity index (χ4v) is 3.60. The van der Waals surface area contributed by atoms with Crippen LogP contribution in [0.15, 0.2) is 48.7 Å². The number of carbonyl (C=O) groups is 1. The first-order valence-electron chi connectivity index (χ1n) is 8.85. The number of amides is 1. The van der Waals surface area contributed by atoms with Gasteiger partial charge in [-0.25, -0.2) is 4.39 Å². The molecule has 0 unspecified atom stereocenters. The molecule has 1 atom stereocenters. The van der Waals surface area contributed by atoms with Crippen molar-refractivity contribution in [3.8, 4) is 0 Å². The molecule has 1 heterocycles. The second kappa shape index (κ2) is 8.21. The SMILES string of the molecule is NCC1CCC([C@H](NC(=O)c2cccc(F)c2)c2ccccn2)CC1. The van der Waals surface area contributed by atoms with Crippen LogP contribution in [0.5, 0.6) is 0 Å². The summed E-state index contributed by atoms with van der Waals surface area (Å²) in [5.74, 6) is 0.205. The van der Waals surface area contributed by atoms with Crippen LogP contribution in [0.1, 0.15) is 47.8 Å². The van der Waals surface area contributed by atoms with Crippen LogP contribution in [0.3, 0.4) is 0 Å². The Hall–Kier alpha value is -2.27. The molecule has 0 bridgehead atoms. The van der Waals surface area contributed by atoms with Gasteiger partial charge in [-0.15, -0.1) is 0 Å². The van der Waals surface area contributed by atoms with E-state index in [9.17, 15) is 9.18 Å². The van der Waals surface area contributed by atoms with E-state index in [4.69, 9.17) is 5.73 Å². The molecule has 132 valence electrons. The molecule has 1 aromatic carbocycles. The van der Waals surface area contributed by atoms with Gasteiger partial charge in [-0.3, -0.25) is 9.78 Å². The van der Waals surface area contributed by atoms with Crippen molar-refractivity contribution in [3.05, 3.63) is 65.7 Å². The first-order chi connectivity index (χ1) is 12.2. The lowest BCUT2D eigenvalue weighted by Gasteiger charge is -2.33. The summed E-state index contributed by atoms with van der Waals surface area (Å²) in [6.45, 7) is 0.719. The number of nitrogens with two attached hydrogens (primary N) is 1. The molecular weight excluding hydrogens is 317 g/mol. The second-order valence-electron chi connectivity index (χ2n) is 6.73. The number of nitrogens with one attached hydrogen (secondary N) is 1. The van der Waals surface area contributed by atoms with E-state index in [1.807, 2.05) is 18.2 Å². The summed E-state index contributed by atoms with van der Waals surface area (Å²) in [6, 6.07) is 11.3. The Balaban J connectivity index is 1.78. The maximum absolute atomic E-state index is 13.4. The molecule has 3 N–H and O–H groups in total. The molecule has 25 heavy (non-hydrogen) atoms. The van der Waals surface area contributed by atoms with Gasteiger partial charge in [0.05, 0.1) is 11.7 Å². The minimum absolute atomic E-state index is 0.171. The topological polar surface area (TPSA) is 68.0 Å². The molecule has 1 saturated carbocycles. The quantitative estimate of drug-likeness (QED) is 0.875. The Labute approximate surface area is 147 Å². The summed E-state index contributed by atoms with van der Waals surface area (Å²) in [5, 5.41) is 3.08. The standard InChI is InChI=1S/C20H24FN3O/c21-17-5-3-4-16(12-17)20(25)24-19(18-6-1-2-11-23-18)15-9-7-14(13-22)8-10-15/h1-6,11-12,14-15,19H,7-10,13,22H2,(H,24,25)/t14?,15?,19-/m0/s1. The van der Waals surface area contributed by atoms with Crippen molar-refractivity contribution in [2.45, 2.75) is 31.7 Å². The van der Waals surface area contributed by atoms with Gasteiger partial charge in [-0.2, -0.15) is 0 Å². The minimum Gasteiger partial charge on any atom is -0.343 e. The molecule has 0 spiro atoms. The lowest BCUT2D eigenvalue weighted by molar-refractivity contribution is 0.0905. The highest BCUT2D eigenvalue weighted by molar-refractivity contribution is 5.94.